The molecular formula is C22H27N3O2. The van der Waals surface area contributed by atoms with Gasteiger partial charge in [-0.15, -0.1) is 0 Å². The first kappa shape index (κ1) is 18.0. The van der Waals surface area contributed by atoms with Gasteiger partial charge in [-0.3, -0.25) is 14.7 Å². The zero-order valence-electron chi connectivity index (χ0n) is 16.1. The predicted octanol–water partition coefficient (Wildman–Crippen LogP) is 3.17. The number of carbonyl (C=O) groups excluding carboxylic acids is 1. The molecule has 27 heavy (non-hydrogen) atoms. The third kappa shape index (κ3) is 3.98. The molecule has 0 unspecified atom stereocenters. The van der Waals surface area contributed by atoms with Crippen molar-refractivity contribution >= 4 is 5.91 Å². The van der Waals surface area contributed by atoms with E-state index in [1.807, 2.05) is 36.1 Å². The summed E-state index contributed by atoms with van der Waals surface area (Å²) in [5, 5.41) is 0. The maximum absolute atomic E-state index is 12.2. The highest BCUT2D eigenvalue weighted by Crippen LogP contribution is 2.35. The lowest BCUT2D eigenvalue weighted by Gasteiger charge is -2.42. The van der Waals surface area contributed by atoms with Gasteiger partial charge in [0.15, 0.2) is 0 Å². The molecule has 1 aromatic carbocycles. The van der Waals surface area contributed by atoms with Crippen LogP contribution in [-0.2, 0) is 17.9 Å². The molecule has 0 N–H and O–H groups in total. The quantitative estimate of drug-likeness (QED) is 0.820. The number of likely N-dealkylation sites (tertiary alicyclic amines) is 1. The Kier molecular flexibility index (Phi) is 4.87. The summed E-state index contributed by atoms with van der Waals surface area (Å²) in [6.45, 7) is 7.73. The first-order valence-corrected chi connectivity index (χ1v) is 9.70. The Labute approximate surface area is 161 Å². The summed E-state index contributed by atoms with van der Waals surface area (Å²) in [5.41, 5.74) is 2.97. The van der Waals surface area contributed by atoms with E-state index in [0.717, 1.165) is 55.2 Å². The first-order valence-electron chi connectivity index (χ1n) is 9.70. The minimum absolute atomic E-state index is 0.112. The largest absolute Gasteiger partial charge is 0.485 e. The van der Waals surface area contributed by atoms with Crippen molar-refractivity contribution in [3.63, 3.8) is 0 Å². The van der Waals surface area contributed by atoms with E-state index in [1.165, 1.54) is 0 Å². The molecule has 2 aliphatic heterocycles. The van der Waals surface area contributed by atoms with Crippen LogP contribution in [0.3, 0.4) is 0 Å². The smallest absolute Gasteiger partial charge is 0.219 e. The van der Waals surface area contributed by atoms with Gasteiger partial charge >= 0.3 is 0 Å². The van der Waals surface area contributed by atoms with Gasteiger partial charge in [0, 0.05) is 57.2 Å². The van der Waals surface area contributed by atoms with E-state index in [4.69, 9.17) is 4.74 Å². The summed E-state index contributed by atoms with van der Waals surface area (Å²) in [6, 6.07) is 14.3. The van der Waals surface area contributed by atoms with E-state index in [9.17, 15) is 4.79 Å². The molecule has 5 heteroatoms. The molecule has 2 aromatic rings. The Morgan fingerprint density at radius 3 is 2.67 bits per heavy atom. The summed E-state index contributed by atoms with van der Waals surface area (Å²) in [5.74, 6) is 1.04. The van der Waals surface area contributed by atoms with Crippen LogP contribution in [0.2, 0.25) is 0 Å². The van der Waals surface area contributed by atoms with E-state index in [0.29, 0.717) is 13.1 Å². The molecular weight excluding hydrogens is 338 g/mol. The van der Waals surface area contributed by atoms with Crippen LogP contribution >= 0.6 is 0 Å². The molecule has 1 amide bonds. The van der Waals surface area contributed by atoms with Crippen LogP contribution in [0, 0.1) is 6.92 Å². The third-order valence-corrected chi connectivity index (χ3v) is 5.68. The van der Waals surface area contributed by atoms with Crippen molar-refractivity contribution in [1.29, 1.82) is 0 Å². The minimum Gasteiger partial charge on any atom is -0.485 e. The second-order valence-electron chi connectivity index (χ2n) is 7.81. The number of pyridine rings is 1. The molecule has 0 radical (unpaired) electrons. The van der Waals surface area contributed by atoms with Gasteiger partial charge in [-0.1, -0.05) is 24.3 Å². The number of fused-ring (bicyclic) bond motifs is 1. The Hall–Kier alpha value is -2.40. The van der Waals surface area contributed by atoms with Crippen molar-refractivity contribution in [2.24, 2.45) is 0 Å². The van der Waals surface area contributed by atoms with Gasteiger partial charge in [-0.2, -0.15) is 0 Å². The van der Waals surface area contributed by atoms with Crippen LogP contribution in [0.5, 0.6) is 5.75 Å². The van der Waals surface area contributed by atoms with Gasteiger partial charge in [0.1, 0.15) is 11.4 Å². The average molecular weight is 365 g/mol. The number of hydrogen-bond donors (Lipinski definition) is 0. The van der Waals surface area contributed by atoms with E-state index in [2.05, 4.69) is 28.1 Å². The molecule has 0 saturated carbocycles. The van der Waals surface area contributed by atoms with Crippen molar-refractivity contribution in [3.8, 4) is 5.75 Å². The predicted molar refractivity (Wildman–Crippen MR) is 104 cm³/mol. The van der Waals surface area contributed by atoms with Crippen LogP contribution in [-0.4, -0.2) is 45.9 Å². The molecule has 0 atom stereocenters. The van der Waals surface area contributed by atoms with Crippen LogP contribution < -0.4 is 4.74 Å². The van der Waals surface area contributed by atoms with E-state index >= 15 is 0 Å². The van der Waals surface area contributed by atoms with E-state index in [1.54, 1.807) is 6.92 Å². The highest BCUT2D eigenvalue weighted by atomic mass is 16.5. The lowest BCUT2D eigenvalue weighted by Crippen LogP contribution is -2.53. The van der Waals surface area contributed by atoms with Crippen LogP contribution in [0.4, 0.5) is 0 Å². The molecule has 0 bridgehead atoms. The molecule has 4 rings (SSSR count). The van der Waals surface area contributed by atoms with Gasteiger partial charge in [0.2, 0.25) is 5.91 Å². The first-order chi connectivity index (χ1) is 13.0. The van der Waals surface area contributed by atoms with Gasteiger partial charge < -0.3 is 9.64 Å². The highest BCUT2D eigenvalue weighted by molar-refractivity contribution is 5.73. The van der Waals surface area contributed by atoms with Gasteiger partial charge in [0.25, 0.3) is 0 Å². The number of amides is 1. The molecule has 0 aliphatic carbocycles. The fourth-order valence-electron chi connectivity index (χ4n) is 4.13. The van der Waals surface area contributed by atoms with Crippen molar-refractivity contribution in [2.75, 3.05) is 19.6 Å². The highest BCUT2D eigenvalue weighted by Gasteiger charge is 2.41. The number of rotatable bonds is 2. The second-order valence-corrected chi connectivity index (χ2v) is 7.81. The summed E-state index contributed by atoms with van der Waals surface area (Å²) in [6.07, 6.45) is 1.83. The minimum atomic E-state index is -0.297. The second kappa shape index (κ2) is 7.31. The SMILES string of the molecule is CC(=O)N1Cc2ccccc2OC2(CCN(Cc3cccc(C)n3)CC2)C1. The molecule has 1 saturated heterocycles. The monoisotopic (exact) mass is 365 g/mol. The lowest BCUT2D eigenvalue weighted by atomic mass is 9.90. The van der Waals surface area contributed by atoms with Crippen LogP contribution in [0.25, 0.3) is 0 Å². The zero-order valence-corrected chi connectivity index (χ0v) is 16.1. The Morgan fingerprint density at radius 2 is 1.93 bits per heavy atom. The summed E-state index contributed by atoms with van der Waals surface area (Å²) in [4.78, 5) is 21.2. The Morgan fingerprint density at radius 1 is 1.15 bits per heavy atom. The number of para-hydroxylation sites is 1. The molecule has 142 valence electrons. The molecule has 1 fully saturated rings. The van der Waals surface area contributed by atoms with Crippen molar-refractivity contribution in [2.45, 2.75) is 45.4 Å². The topological polar surface area (TPSA) is 45.7 Å². The maximum atomic E-state index is 12.2. The zero-order chi connectivity index (χ0) is 18.9. The summed E-state index contributed by atoms with van der Waals surface area (Å²) in [7, 11) is 0. The molecule has 3 heterocycles. The van der Waals surface area contributed by atoms with Gasteiger partial charge in [0.05, 0.1) is 12.2 Å². The fraction of sp³-hybridized carbons (Fsp3) is 0.455. The van der Waals surface area contributed by atoms with E-state index in [-0.39, 0.29) is 11.5 Å². The summed E-state index contributed by atoms with van der Waals surface area (Å²) < 4.78 is 6.55. The fourth-order valence-corrected chi connectivity index (χ4v) is 4.13. The number of hydrogen-bond acceptors (Lipinski definition) is 4. The number of nitrogens with zero attached hydrogens (tertiary/aromatic N) is 3. The maximum Gasteiger partial charge on any atom is 0.219 e. The number of aromatic nitrogens is 1. The summed E-state index contributed by atoms with van der Waals surface area (Å²) >= 11 is 0. The number of carbonyl (C=O) groups is 1. The molecule has 5 nitrogen and oxygen atoms in total. The molecule has 1 aromatic heterocycles. The molecule has 2 aliphatic rings. The van der Waals surface area contributed by atoms with Gasteiger partial charge in [-0.05, 0) is 25.1 Å². The number of ether oxygens (including phenoxy) is 1. The van der Waals surface area contributed by atoms with Crippen molar-refractivity contribution < 1.29 is 9.53 Å². The Balaban J connectivity index is 1.49. The molecule has 1 spiro atoms. The van der Waals surface area contributed by atoms with Crippen molar-refractivity contribution in [1.82, 2.24) is 14.8 Å². The number of aryl methyl sites for hydroxylation is 1. The van der Waals surface area contributed by atoms with Crippen molar-refractivity contribution in [3.05, 3.63) is 59.4 Å². The third-order valence-electron chi connectivity index (χ3n) is 5.68. The van der Waals surface area contributed by atoms with Crippen LogP contribution in [0.15, 0.2) is 42.5 Å². The lowest BCUT2D eigenvalue weighted by molar-refractivity contribution is -0.132. The standard InChI is InChI=1S/C22H27N3O2/c1-17-6-5-8-20(23-17)15-24-12-10-22(11-13-24)16-25(18(2)26)14-19-7-3-4-9-21(19)27-22/h3-9H,10-16H2,1-2H3. The normalized spacial score (nSPS) is 19.3. The van der Waals surface area contributed by atoms with Crippen LogP contribution in [0.1, 0.15) is 36.7 Å². The van der Waals surface area contributed by atoms with Gasteiger partial charge in [-0.25, -0.2) is 0 Å². The number of piperidine rings is 1. The van der Waals surface area contributed by atoms with E-state index < -0.39 is 0 Å². The number of benzene rings is 1. The average Bonchev–Trinajstić information content (AvgIpc) is 2.81. The Bertz CT molecular complexity index is 828.